The standard InChI is InChI=1S/C35H38BrN3O7/c1-20-13-14-21(2)26(16-20)38-15-9-5-8-12-27(41)45-19-25(23-10-6-4-7-11-23)37-32(42)28-29-33(43)39(22(3)18-40)31(34(38)44)35(29)17-24(36)30(28)46-35/h4-7,9-11,13-14,16-17,22,25,28-31,40H,8,12,15,18-19H2,1-3H3,(H,37,42)/b9-5-/t22-,25-,28-,29+,30-,31-,35+/m1/s1. The van der Waals surface area contributed by atoms with Crippen molar-refractivity contribution in [2.75, 3.05) is 24.7 Å². The van der Waals surface area contributed by atoms with E-state index in [2.05, 4.69) is 21.2 Å². The number of hydrogen-bond donors (Lipinski definition) is 2. The average molecular weight is 693 g/mol. The zero-order valence-corrected chi connectivity index (χ0v) is 27.6. The van der Waals surface area contributed by atoms with E-state index < -0.39 is 65.4 Å². The lowest BCUT2D eigenvalue weighted by molar-refractivity contribution is -0.146. The van der Waals surface area contributed by atoms with Gasteiger partial charge in [0.2, 0.25) is 11.8 Å². The first-order chi connectivity index (χ1) is 22.1. The number of cyclic esters (lactones) is 1. The molecule has 2 N–H and O–H groups in total. The molecule has 4 heterocycles. The lowest BCUT2D eigenvalue weighted by Gasteiger charge is -2.38. The van der Waals surface area contributed by atoms with Gasteiger partial charge >= 0.3 is 5.97 Å². The number of aliphatic hydroxyl groups is 1. The fraction of sp³-hybridized carbons (Fsp3) is 0.429. The normalized spacial score (nSPS) is 31.3. The van der Waals surface area contributed by atoms with Gasteiger partial charge in [0.05, 0.1) is 30.5 Å². The van der Waals surface area contributed by atoms with Gasteiger partial charge in [0.1, 0.15) is 24.4 Å². The average Bonchev–Trinajstić information content (AvgIpc) is 3.64. The Hall–Kier alpha value is -3.80. The van der Waals surface area contributed by atoms with Crippen molar-refractivity contribution >= 4 is 45.3 Å². The maximum absolute atomic E-state index is 15.0. The summed E-state index contributed by atoms with van der Waals surface area (Å²) in [6, 6.07) is 12.5. The van der Waals surface area contributed by atoms with Crippen LogP contribution in [0.3, 0.4) is 0 Å². The Labute approximate surface area is 276 Å². The molecule has 2 saturated heterocycles. The zero-order chi connectivity index (χ0) is 32.7. The van der Waals surface area contributed by atoms with Crippen molar-refractivity contribution < 1.29 is 33.8 Å². The number of fused-ring (bicyclic) bond motifs is 2. The zero-order valence-electron chi connectivity index (χ0n) is 26.0. The molecule has 2 aromatic carbocycles. The van der Waals surface area contributed by atoms with Crippen LogP contribution in [0.25, 0.3) is 0 Å². The lowest BCUT2D eigenvalue weighted by atomic mass is 9.74. The molecule has 0 unspecified atom stereocenters. The van der Waals surface area contributed by atoms with E-state index in [-0.39, 0.29) is 26.2 Å². The Morgan fingerprint density at radius 3 is 2.57 bits per heavy atom. The van der Waals surface area contributed by atoms with Gasteiger partial charge in [0.25, 0.3) is 5.91 Å². The highest BCUT2D eigenvalue weighted by Gasteiger charge is 2.75. The molecule has 0 aromatic heterocycles. The molecule has 2 fully saturated rings. The van der Waals surface area contributed by atoms with Crippen LogP contribution >= 0.6 is 15.9 Å². The van der Waals surface area contributed by atoms with Gasteiger partial charge in [-0.05, 0) is 56.0 Å². The summed E-state index contributed by atoms with van der Waals surface area (Å²) in [5, 5.41) is 13.3. The SMILES string of the molecule is Cc1ccc(C)c(N2C/C=C\CCC(=O)OC[C@H](c3ccccc3)NC(=O)[C@H]3[C@@H]4O[C@@]5(C=C4Br)[C@@H]3C(=O)N([C@H](C)CO)[C@@H]5C2=O)c1. The van der Waals surface area contributed by atoms with Gasteiger partial charge in [-0.1, -0.05) is 70.5 Å². The molecule has 0 aliphatic carbocycles. The quantitative estimate of drug-likeness (QED) is 0.371. The Morgan fingerprint density at radius 1 is 1.07 bits per heavy atom. The number of amides is 3. The highest BCUT2D eigenvalue weighted by atomic mass is 79.9. The minimum atomic E-state index is -1.45. The largest absolute Gasteiger partial charge is 0.463 e. The van der Waals surface area contributed by atoms with Crippen LogP contribution in [0.4, 0.5) is 5.69 Å². The molecule has 0 saturated carbocycles. The summed E-state index contributed by atoms with van der Waals surface area (Å²) in [7, 11) is 0. The van der Waals surface area contributed by atoms with Crippen molar-refractivity contribution in [3.63, 3.8) is 0 Å². The number of aryl methyl sites for hydroxylation is 2. The van der Waals surface area contributed by atoms with Gasteiger partial charge in [-0.25, -0.2) is 0 Å². The van der Waals surface area contributed by atoms with Crippen LogP contribution in [0.15, 0.2) is 71.2 Å². The molecule has 11 heteroatoms. The number of rotatable bonds is 4. The number of aliphatic hydroxyl groups excluding tert-OH is 1. The second kappa shape index (κ2) is 12.8. The Kier molecular flexibility index (Phi) is 8.93. The van der Waals surface area contributed by atoms with E-state index in [1.807, 2.05) is 74.5 Å². The van der Waals surface area contributed by atoms with Crippen LogP contribution in [-0.2, 0) is 28.7 Å². The molecular formula is C35H38BrN3O7. The third kappa shape index (κ3) is 5.48. The Bertz CT molecular complexity index is 1610. The predicted octanol–water partition coefficient (Wildman–Crippen LogP) is 3.64. The molecule has 242 valence electrons. The predicted molar refractivity (Wildman–Crippen MR) is 174 cm³/mol. The van der Waals surface area contributed by atoms with Crippen molar-refractivity contribution in [1.82, 2.24) is 10.2 Å². The number of anilines is 1. The molecule has 5 bridgehead atoms. The minimum Gasteiger partial charge on any atom is -0.463 e. The first-order valence-electron chi connectivity index (χ1n) is 15.6. The number of nitrogens with zero attached hydrogens (tertiary/aromatic N) is 2. The van der Waals surface area contributed by atoms with Crippen LogP contribution in [0.2, 0.25) is 0 Å². The maximum atomic E-state index is 15.0. The molecule has 10 nitrogen and oxygen atoms in total. The minimum absolute atomic E-state index is 0.0908. The van der Waals surface area contributed by atoms with Crippen LogP contribution in [0.5, 0.6) is 0 Å². The number of carbonyl (C=O) groups excluding carboxylic acids is 4. The van der Waals surface area contributed by atoms with E-state index in [1.165, 1.54) is 4.90 Å². The number of carbonyl (C=O) groups is 4. The van der Waals surface area contributed by atoms with Gasteiger partial charge in [0, 0.05) is 23.1 Å². The van der Waals surface area contributed by atoms with Gasteiger partial charge in [-0.15, -0.1) is 0 Å². The summed E-state index contributed by atoms with van der Waals surface area (Å²) in [4.78, 5) is 59.4. The highest BCUT2D eigenvalue weighted by molar-refractivity contribution is 9.11. The third-order valence-electron chi connectivity index (χ3n) is 9.46. The summed E-state index contributed by atoms with van der Waals surface area (Å²) in [6.45, 7) is 5.23. The molecule has 6 rings (SSSR count). The number of esters is 1. The van der Waals surface area contributed by atoms with E-state index in [1.54, 1.807) is 17.9 Å². The number of benzene rings is 2. The van der Waals surface area contributed by atoms with Crippen molar-refractivity contribution in [3.8, 4) is 0 Å². The molecule has 2 aromatic rings. The Morgan fingerprint density at radius 2 is 1.83 bits per heavy atom. The smallest absolute Gasteiger partial charge is 0.306 e. The Balaban J connectivity index is 1.48. The van der Waals surface area contributed by atoms with Crippen LogP contribution in [-0.4, -0.2) is 77.2 Å². The monoisotopic (exact) mass is 691 g/mol. The second-order valence-corrected chi connectivity index (χ2v) is 13.4. The van der Waals surface area contributed by atoms with Gasteiger partial charge in [0.15, 0.2) is 0 Å². The van der Waals surface area contributed by atoms with Crippen LogP contribution in [0, 0.1) is 25.7 Å². The summed E-state index contributed by atoms with van der Waals surface area (Å²) in [6.07, 6.45) is 5.14. The number of allylic oxidation sites excluding steroid dienone is 1. The topological polar surface area (TPSA) is 125 Å². The fourth-order valence-electron chi connectivity index (χ4n) is 7.18. The van der Waals surface area contributed by atoms with Gasteiger partial charge < -0.3 is 29.7 Å². The molecule has 46 heavy (non-hydrogen) atoms. The molecule has 0 radical (unpaired) electrons. The van der Waals surface area contributed by atoms with Crippen molar-refractivity contribution in [3.05, 3.63) is 87.9 Å². The van der Waals surface area contributed by atoms with E-state index in [0.717, 1.165) is 16.7 Å². The van der Waals surface area contributed by atoms with Gasteiger partial charge in [-0.3, -0.25) is 19.2 Å². The summed E-state index contributed by atoms with van der Waals surface area (Å²) >= 11 is 3.59. The second-order valence-electron chi connectivity index (χ2n) is 12.5. The van der Waals surface area contributed by atoms with Crippen molar-refractivity contribution in [2.24, 2.45) is 11.8 Å². The number of ether oxygens (including phenoxy) is 2. The number of nitrogens with one attached hydrogen (secondary N) is 1. The molecule has 1 spiro atoms. The molecule has 3 amide bonds. The van der Waals surface area contributed by atoms with Crippen LogP contribution in [0.1, 0.15) is 42.5 Å². The van der Waals surface area contributed by atoms with E-state index in [9.17, 15) is 24.3 Å². The van der Waals surface area contributed by atoms with Crippen molar-refractivity contribution in [1.29, 1.82) is 0 Å². The van der Waals surface area contributed by atoms with Gasteiger partial charge in [-0.2, -0.15) is 0 Å². The maximum Gasteiger partial charge on any atom is 0.306 e. The fourth-order valence-corrected chi connectivity index (χ4v) is 7.92. The first kappa shape index (κ1) is 32.2. The van der Waals surface area contributed by atoms with E-state index in [0.29, 0.717) is 16.6 Å². The molecular weight excluding hydrogens is 654 g/mol. The summed E-state index contributed by atoms with van der Waals surface area (Å²) in [5.41, 5.74) is 1.77. The number of halogens is 1. The number of likely N-dealkylation sites (tertiary alicyclic amines) is 1. The molecule has 4 aliphatic rings. The first-order valence-corrected chi connectivity index (χ1v) is 16.4. The van der Waals surface area contributed by atoms with Crippen LogP contribution < -0.4 is 10.2 Å². The number of hydrogen-bond acceptors (Lipinski definition) is 7. The van der Waals surface area contributed by atoms with E-state index in [4.69, 9.17) is 9.47 Å². The van der Waals surface area contributed by atoms with Crippen molar-refractivity contribution in [2.45, 2.75) is 63.4 Å². The summed E-state index contributed by atoms with van der Waals surface area (Å²) in [5.74, 6) is -3.69. The lowest BCUT2D eigenvalue weighted by Crippen LogP contribution is -2.58. The highest BCUT2D eigenvalue weighted by Crippen LogP contribution is 2.59. The molecule has 7 atom stereocenters. The third-order valence-corrected chi connectivity index (χ3v) is 10.1. The summed E-state index contributed by atoms with van der Waals surface area (Å²) < 4.78 is 12.8. The molecule has 4 aliphatic heterocycles. The van der Waals surface area contributed by atoms with E-state index >= 15 is 0 Å².